The molecule has 0 saturated carbocycles. The van der Waals surface area contributed by atoms with Gasteiger partial charge in [-0.3, -0.25) is 14.6 Å². The van der Waals surface area contributed by atoms with Crippen LogP contribution in [0.1, 0.15) is 5.76 Å². The zero-order chi connectivity index (χ0) is 16.1. The average Bonchev–Trinajstić information content (AvgIpc) is 3.09. The Hall–Kier alpha value is -3.22. The number of aromatic nitrogens is 3. The number of pyridine rings is 1. The van der Waals surface area contributed by atoms with Crippen LogP contribution in [-0.2, 0) is 17.9 Å². The second kappa shape index (κ2) is 6.69. The molecule has 3 aromatic heterocycles. The van der Waals surface area contributed by atoms with Gasteiger partial charge in [-0.25, -0.2) is 4.68 Å². The number of carbonyl (C=O) groups excluding carboxylic acids is 1. The summed E-state index contributed by atoms with van der Waals surface area (Å²) in [5.74, 6) is 0.321. The second-order valence-electron chi connectivity index (χ2n) is 4.81. The Bertz CT molecular complexity index is 841. The van der Waals surface area contributed by atoms with E-state index in [0.29, 0.717) is 11.5 Å². The molecule has 0 aliphatic carbocycles. The van der Waals surface area contributed by atoms with Crippen LogP contribution in [0.4, 0.5) is 0 Å². The maximum atomic E-state index is 11.9. The molecule has 0 fully saturated rings. The summed E-state index contributed by atoms with van der Waals surface area (Å²) < 4.78 is 6.25. The number of hydrogen-bond acceptors (Lipinski definition) is 5. The molecular formula is C16H14N4O3. The lowest BCUT2D eigenvalue weighted by molar-refractivity contribution is -0.122. The highest BCUT2D eigenvalue weighted by atomic mass is 16.3. The molecule has 3 heterocycles. The number of carbonyl (C=O) groups is 1. The van der Waals surface area contributed by atoms with Crippen LogP contribution in [-0.4, -0.2) is 20.7 Å². The molecule has 7 nitrogen and oxygen atoms in total. The zero-order valence-corrected chi connectivity index (χ0v) is 12.2. The number of amides is 1. The van der Waals surface area contributed by atoms with Crippen LogP contribution in [0, 0.1) is 0 Å². The van der Waals surface area contributed by atoms with Crippen LogP contribution < -0.4 is 10.9 Å². The molecule has 1 N–H and O–H groups in total. The van der Waals surface area contributed by atoms with Gasteiger partial charge in [-0.1, -0.05) is 0 Å². The van der Waals surface area contributed by atoms with Crippen molar-refractivity contribution in [2.24, 2.45) is 0 Å². The van der Waals surface area contributed by atoms with Crippen LogP contribution in [0.25, 0.3) is 11.3 Å². The maximum absolute atomic E-state index is 11.9. The van der Waals surface area contributed by atoms with Crippen molar-refractivity contribution in [1.29, 1.82) is 0 Å². The van der Waals surface area contributed by atoms with E-state index in [1.165, 1.54) is 12.3 Å². The highest BCUT2D eigenvalue weighted by Crippen LogP contribution is 2.12. The summed E-state index contributed by atoms with van der Waals surface area (Å²) in [6.07, 6.45) is 4.83. The zero-order valence-electron chi connectivity index (χ0n) is 12.2. The van der Waals surface area contributed by atoms with E-state index in [9.17, 15) is 9.59 Å². The Morgan fingerprint density at radius 3 is 2.87 bits per heavy atom. The summed E-state index contributed by atoms with van der Waals surface area (Å²) in [7, 11) is 0. The van der Waals surface area contributed by atoms with Gasteiger partial charge in [0.2, 0.25) is 5.91 Å². The molecule has 3 aromatic rings. The number of rotatable bonds is 5. The fourth-order valence-electron chi connectivity index (χ4n) is 2.02. The van der Waals surface area contributed by atoms with Gasteiger partial charge in [0.25, 0.3) is 5.56 Å². The Morgan fingerprint density at radius 2 is 2.13 bits per heavy atom. The first-order chi connectivity index (χ1) is 11.2. The van der Waals surface area contributed by atoms with Crippen LogP contribution in [0.2, 0.25) is 0 Å². The lowest BCUT2D eigenvalue weighted by Gasteiger charge is -2.07. The topological polar surface area (TPSA) is 90.0 Å². The summed E-state index contributed by atoms with van der Waals surface area (Å²) in [5.41, 5.74) is 1.01. The van der Waals surface area contributed by atoms with Crippen LogP contribution in [0.15, 0.2) is 64.3 Å². The lowest BCUT2D eigenvalue weighted by Crippen LogP contribution is -2.33. The van der Waals surface area contributed by atoms with E-state index in [2.05, 4.69) is 15.4 Å². The van der Waals surface area contributed by atoms with Crippen molar-refractivity contribution < 1.29 is 9.21 Å². The smallest absolute Gasteiger partial charge is 0.267 e. The van der Waals surface area contributed by atoms with E-state index in [0.717, 1.165) is 10.2 Å². The minimum absolute atomic E-state index is 0.159. The van der Waals surface area contributed by atoms with Crippen LogP contribution in [0.5, 0.6) is 0 Å². The quantitative estimate of drug-likeness (QED) is 0.765. The minimum Gasteiger partial charge on any atom is -0.467 e. The lowest BCUT2D eigenvalue weighted by atomic mass is 10.2. The molecule has 0 saturated heterocycles. The average molecular weight is 310 g/mol. The Labute approximate surface area is 131 Å². The third kappa shape index (κ3) is 3.70. The molecule has 0 aliphatic heterocycles. The minimum atomic E-state index is -0.342. The molecular weight excluding hydrogens is 296 g/mol. The van der Waals surface area contributed by atoms with E-state index in [4.69, 9.17) is 4.42 Å². The van der Waals surface area contributed by atoms with E-state index >= 15 is 0 Å². The van der Waals surface area contributed by atoms with Crippen LogP contribution in [0.3, 0.4) is 0 Å². The van der Waals surface area contributed by atoms with Gasteiger partial charge in [0.05, 0.1) is 18.5 Å². The first-order valence-electron chi connectivity index (χ1n) is 7.00. The van der Waals surface area contributed by atoms with E-state index < -0.39 is 0 Å². The molecule has 0 atom stereocenters. The van der Waals surface area contributed by atoms with Crippen molar-refractivity contribution in [3.8, 4) is 11.3 Å². The molecule has 0 aromatic carbocycles. The maximum Gasteiger partial charge on any atom is 0.267 e. The monoisotopic (exact) mass is 310 g/mol. The van der Waals surface area contributed by atoms with Gasteiger partial charge < -0.3 is 9.73 Å². The third-order valence-corrected chi connectivity index (χ3v) is 3.16. The van der Waals surface area contributed by atoms with Crippen molar-refractivity contribution in [1.82, 2.24) is 20.1 Å². The molecule has 0 unspecified atom stereocenters. The van der Waals surface area contributed by atoms with Crippen molar-refractivity contribution in [2.75, 3.05) is 0 Å². The van der Waals surface area contributed by atoms with E-state index in [-0.39, 0.29) is 24.6 Å². The van der Waals surface area contributed by atoms with Gasteiger partial charge in [-0.2, -0.15) is 5.10 Å². The molecule has 23 heavy (non-hydrogen) atoms. The summed E-state index contributed by atoms with van der Waals surface area (Å²) in [6.45, 7) is 0.108. The molecule has 1 amide bonds. The standard InChI is InChI=1S/C16H14N4O3/c21-15(18-10-13-4-2-8-23-13)11-20-16(22)6-5-14(19-20)12-3-1-7-17-9-12/h1-9H,10-11H2,(H,18,21). The highest BCUT2D eigenvalue weighted by molar-refractivity contribution is 5.75. The predicted octanol–water partition coefficient (Wildman–Crippen LogP) is 1.21. The fraction of sp³-hybridized carbons (Fsp3) is 0.125. The summed E-state index contributed by atoms with van der Waals surface area (Å²) in [4.78, 5) is 27.8. The van der Waals surface area contributed by atoms with E-state index in [1.807, 2.05) is 6.07 Å². The van der Waals surface area contributed by atoms with Crippen molar-refractivity contribution in [3.63, 3.8) is 0 Å². The molecule has 0 bridgehead atoms. The predicted molar refractivity (Wildman–Crippen MR) is 82.3 cm³/mol. The highest BCUT2D eigenvalue weighted by Gasteiger charge is 2.08. The fourth-order valence-corrected chi connectivity index (χ4v) is 2.02. The molecule has 7 heteroatoms. The van der Waals surface area contributed by atoms with Gasteiger partial charge in [-0.05, 0) is 30.3 Å². The van der Waals surface area contributed by atoms with Crippen molar-refractivity contribution in [3.05, 3.63) is 71.2 Å². The second-order valence-corrected chi connectivity index (χ2v) is 4.81. The first-order valence-corrected chi connectivity index (χ1v) is 7.00. The Balaban J connectivity index is 1.72. The molecule has 116 valence electrons. The van der Waals surface area contributed by atoms with Crippen LogP contribution >= 0.6 is 0 Å². The van der Waals surface area contributed by atoms with Gasteiger partial charge in [0.15, 0.2) is 0 Å². The largest absolute Gasteiger partial charge is 0.467 e. The van der Waals surface area contributed by atoms with Gasteiger partial charge >= 0.3 is 0 Å². The molecule has 0 spiro atoms. The van der Waals surface area contributed by atoms with Crippen molar-refractivity contribution in [2.45, 2.75) is 13.1 Å². The first kappa shape index (κ1) is 14.7. The Kier molecular flexibility index (Phi) is 4.28. The van der Waals surface area contributed by atoms with Gasteiger partial charge in [0.1, 0.15) is 12.3 Å². The number of furan rings is 1. The summed E-state index contributed by atoms with van der Waals surface area (Å²) in [5, 5.41) is 6.88. The SMILES string of the molecule is O=C(Cn1nc(-c2cccnc2)ccc1=O)NCc1ccco1. The van der Waals surface area contributed by atoms with Gasteiger partial charge in [-0.15, -0.1) is 0 Å². The molecule has 3 rings (SSSR count). The molecule has 0 aliphatic rings. The molecule has 0 radical (unpaired) electrons. The Morgan fingerprint density at radius 1 is 1.22 bits per heavy atom. The van der Waals surface area contributed by atoms with Crippen molar-refractivity contribution >= 4 is 5.91 Å². The normalized spacial score (nSPS) is 10.4. The van der Waals surface area contributed by atoms with Gasteiger partial charge in [0, 0.05) is 24.0 Å². The summed E-state index contributed by atoms with van der Waals surface area (Å²) >= 11 is 0. The third-order valence-electron chi connectivity index (χ3n) is 3.16. The number of nitrogens with one attached hydrogen (secondary N) is 1. The number of hydrogen-bond donors (Lipinski definition) is 1. The van der Waals surface area contributed by atoms with E-state index in [1.54, 1.807) is 36.7 Å². The summed E-state index contributed by atoms with van der Waals surface area (Å²) in [6, 6.07) is 10.1. The number of nitrogens with zero attached hydrogens (tertiary/aromatic N) is 3.